The van der Waals surface area contributed by atoms with Gasteiger partial charge in [-0.15, -0.1) is 0 Å². The van der Waals surface area contributed by atoms with Gasteiger partial charge in [0.1, 0.15) is 5.82 Å². The minimum Gasteiger partial charge on any atom is -0.339 e. The first-order valence-corrected chi connectivity index (χ1v) is 11.5. The average Bonchev–Trinajstić information content (AvgIpc) is 3.11. The Morgan fingerprint density at radius 3 is 2.59 bits per heavy atom. The van der Waals surface area contributed by atoms with E-state index in [4.69, 9.17) is 16.1 Å². The van der Waals surface area contributed by atoms with Crippen LogP contribution in [0.15, 0.2) is 22.7 Å². The molecule has 0 aliphatic carbocycles. The second-order valence-electron chi connectivity index (χ2n) is 7.46. The molecule has 1 aromatic carbocycles. The lowest BCUT2D eigenvalue weighted by Gasteiger charge is -2.37. The Morgan fingerprint density at radius 2 is 1.93 bits per heavy atom. The van der Waals surface area contributed by atoms with Crippen molar-refractivity contribution < 1.29 is 22.1 Å². The molecule has 0 spiro atoms. The number of amides is 1. The first-order chi connectivity index (χ1) is 13.7. The van der Waals surface area contributed by atoms with E-state index in [1.54, 1.807) is 0 Å². The van der Waals surface area contributed by atoms with Gasteiger partial charge in [-0.3, -0.25) is 4.79 Å². The summed E-state index contributed by atoms with van der Waals surface area (Å²) in [6.07, 6.45) is 2.48. The van der Waals surface area contributed by atoms with Crippen LogP contribution in [0.1, 0.15) is 46.8 Å². The lowest BCUT2D eigenvalue weighted by atomic mass is 9.96. The zero-order valence-corrected chi connectivity index (χ0v) is 17.3. The van der Waals surface area contributed by atoms with Crippen molar-refractivity contribution in [3.8, 4) is 0 Å². The molecule has 0 bridgehead atoms. The fourth-order valence-corrected chi connectivity index (χ4v) is 4.70. The Kier molecular flexibility index (Phi) is 5.34. The van der Waals surface area contributed by atoms with E-state index < -0.39 is 21.7 Å². The second kappa shape index (κ2) is 7.66. The van der Waals surface area contributed by atoms with Crippen LogP contribution in [0, 0.1) is 5.82 Å². The van der Waals surface area contributed by atoms with Gasteiger partial charge in [0.25, 0.3) is 5.91 Å². The molecule has 4 rings (SSSR count). The molecule has 2 aliphatic rings. The van der Waals surface area contributed by atoms with Crippen molar-refractivity contribution in [2.75, 3.05) is 32.4 Å². The van der Waals surface area contributed by atoms with E-state index in [2.05, 4.69) is 10.1 Å². The standard InChI is InChI=1S/C18H20ClFN4O4S/c1-29(26,27)24-6-4-11(5-7-24)16-21-17(28-22-16)12-9-23(10-12)18(25)14-8-13(19)2-3-15(14)20/h2-3,8,11-12H,4-7,9-10H2,1H3. The Hall–Kier alpha value is -2.04. The summed E-state index contributed by atoms with van der Waals surface area (Å²) in [5, 5.41) is 4.35. The number of likely N-dealkylation sites (tertiary alicyclic amines) is 1. The zero-order valence-electron chi connectivity index (χ0n) is 15.7. The van der Waals surface area contributed by atoms with E-state index in [0.29, 0.717) is 55.8 Å². The molecule has 0 unspecified atom stereocenters. The number of sulfonamides is 1. The molecule has 8 nitrogen and oxygen atoms in total. The van der Waals surface area contributed by atoms with Crippen LogP contribution >= 0.6 is 11.6 Å². The smallest absolute Gasteiger partial charge is 0.256 e. The molecule has 2 aromatic rings. The highest BCUT2D eigenvalue weighted by atomic mass is 35.5. The van der Waals surface area contributed by atoms with Gasteiger partial charge in [0.15, 0.2) is 5.82 Å². The first-order valence-electron chi connectivity index (χ1n) is 9.25. The Bertz CT molecular complexity index is 1030. The fourth-order valence-electron chi connectivity index (χ4n) is 3.66. The van der Waals surface area contributed by atoms with E-state index in [-0.39, 0.29) is 17.4 Å². The number of aromatic nitrogens is 2. The fraction of sp³-hybridized carbons (Fsp3) is 0.500. The van der Waals surface area contributed by atoms with E-state index >= 15 is 0 Å². The summed E-state index contributed by atoms with van der Waals surface area (Å²) in [7, 11) is -3.18. The summed E-state index contributed by atoms with van der Waals surface area (Å²) in [5.41, 5.74) is -0.0557. The van der Waals surface area contributed by atoms with Crippen LogP contribution in [0.5, 0.6) is 0 Å². The van der Waals surface area contributed by atoms with Crippen LogP contribution in [-0.2, 0) is 10.0 Å². The van der Waals surface area contributed by atoms with Crippen LogP contribution in [0.25, 0.3) is 0 Å². The van der Waals surface area contributed by atoms with Crippen LogP contribution in [0.2, 0.25) is 5.02 Å². The maximum atomic E-state index is 13.9. The molecule has 156 valence electrons. The molecule has 1 aromatic heterocycles. The third-order valence-electron chi connectivity index (χ3n) is 5.42. The Labute approximate surface area is 172 Å². The minimum atomic E-state index is -3.18. The number of rotatable bonds is 4. The Balaban J connectivity index is 1.35. The lowest BCUT2D eigenvalue weighted by molar-refractivity contribution is 0.0564. The number of benzene rings is 1. The van der Waals surface area contributed by atoms with Gasteiger partial charge in [-0.05, 0) is 31.0 Å². The first kappa shape index (κ1) is 20.2. The van der Waals surface area contributed by atoms with E-state index in [1.807, 2.05) is 0 Å². The Morgan fingerprint density at radius 1 is 1.24 bits per heavy atom. The van der Waals surface area contributed by atoms with Gasteiger partial charge in [-0.2, -0.15) is 4.98 Å². The van der Waals surface area contributed by atoms with E-state index in [0.717, 1.165) is 0 Å². The third-order valence-corrected chi connectivity index (χ3v) is 6.96. The van der Waals surface area contributed by atoms with Gasteiger partial charge in [0, 0.05) is 37.1 Å². The molecule has 11 heteroatoms. The largest absolute Gasteiger partial charge is 0.339 e. The average molecular weight is 443 g/mol. The van der Waals surface area contributed by atoms with Crippen molar-refractivity contribution in [1.82, 2.24) is 19.3 Å². The van der Waals surface area contributed by atoms with Crippen LogP contribution in [-0.4, -0.2) is 66.1 Å². The van der Waals surface area contributed by atoms with Crippen molar-refractivity contribution in [1.29, 1.82) is 0 Å². The van der Waals surface area contributed by atoms with Gasteiger partial charge < -0.3 is 9.42 Å². The van der Waals surface area contributed by atoms with Gasteiger partial charge in [-0.1, -0.05) is 16.8 Å². The highest BCUT2D eigenvalue weighted by Gasteiger charge is 2.37. The summed E-state index contributed by atoms with van der Waals surface area (Å²) < 4.78 is 43.9. The lowest BCUT2D eigenvalue weighted by Crippen LogP contribution is -2.48. The number of halogens is 2. The normalized spacial score (nSPS) is 19.3. The molecule has 2 fully saturated rings. The molecule has 0 saturated carbocycles. The maximum Gasteiger partial charge on any atom is 0.256 e. The van der Waals surface area contributed by atoms with Crippen molar-refractivity contribution in [2.24, 2.45) is 0 Å². The molecular weight excluding hydrogens is 423 g/mol. The van der Waals surface area contributed by atoms with Gasteiger partial charge in [0.05, 0.1) is 17.7 Å². The van der Waals surface area contributed by atoms with Crippen molar-refractivity contribution in [3.63, 3.8) is 0 Å². The molecule has 0 atom stereocenters. The van der Waals surface area contributed by atoms with Gasteiger partial charge in [-0.25, -0.2) is 17.1 Å². The molecule has 3 heterocycles. The molecule has 2 saturated heterocycles. The second-order valence-corrected chi connectivity index (χ2v) is 9.88. The molecule has 0 radical (unpaired) electrons. The predicted molar refractivity (Wildman–Crippen MR) is 103 cm³/mol. The zero-order chi connectivity index (χ0) is 20.8. The number of nitrogens with zero attached hydrogens (tertiary/aromatic N) is 4. The highest BCUT2D eigenvalue weighted by Crippen LogP contribution is 2.31. The number of carbonyl (C=O) groups is 1. The maximum absolute atomic E-state index is 13.9. The van der Waals surface area contributed by atoms with Crippen LogP contribution in [0.3, 0.4) is 0 Å². The quantitative estimate of drug-likeness (QED) is 0.720. The summed E-state index contributed by atoms with van der Waals surface area (Å²) in [6.45, 7) is 1.59. The molecule has 29 heavy (non-hydrogen) atoms. The summed E-state index contributed by atoms with van der Waals surface area (Å²) in [4.78, 5) is 18.4. The summed E-state index contributed by atoms with van der Waals surface area (Å²) >= 11 is 5.85. The summed E-state index contributed by atoms with van der Waals surface area (Å²) in [6, 6.07) is 3.89. The molecular formula is C18H20ClFN4O4S. The minimum absolute atomic E-state index is 0.0452. The van der Waals surface area contributed by atoms with Gasteiger partial charge in [0.2, 0.25) is 15.9 Å². The van der Waals surface area contributed by atoms with Gasteiger partial charge >= 0.3 is 0 Å². The number of carbonyl (C=O) groups excluding carboxylic acids is 1. The number of hydrogen-bond acceptors (Lipinski definition) is 6. The van der Waals surface area contributed by atoms with Crippen molar-refractivity contribution in [2.45, 2.75) is 24.7 Å². The number of hydrogen-bond donors (Lipinski definition) is 0. The monoisotopic (exact) mass is 442 g/mol. The predicted octanol–water partition coefficient (Wildman–Crippen LogP) is 2.24. The van der Waals surface area contributed by atoms with E-state index in [1.165, 1.54) is 33.7 Å². The highest BCUT2D eigenvalue weighted by molar-refractivity contribution is 7.88. The van der Waals surface area contributed by atoms with E-state index in [9.17, 15) is 17.6 Å². The SMILES string of the molecule is CS(=O)(=O)N1CCC(c2noc(C3CN(C(=O)c4cc(Cl)ccc4F)C3)n2)CC1. The summed E-state index contributed by atoms with van der Waals surface area (Å²) in [5.74, 6) is -0.0695. The van der Waals surface area contributed by atoms with Crippen LogP contribution < -0.4 is 0 Å². The van der Waals surface area contributed by atoms with Crippen LogP contribution in [0.4, 0.5) is 4.39 Å². The number of piperidine rings is 1. The van der Waals surface area contributed by atoms with Crippen molar-refractivity contribution in [3.05, 3.63) is 46.3 Å². The molecule has 2 aliphatic heterocycles. The topological polar surface area (TPSA) is 96.6 Å². The third kappa shape index (κ3) is 4.15. The molecule has 0 N–H and O–H groups in total. The molecule has 1 amide bonds. The van der Waals surface area contributed by atoms with Crippen molar-refractivity contribution >= 4 is 27.5 Å².